The number of imidazole rings is 1. The molecule has 3 aromatic rings. The van der Waals surface area contributed by atoms with Crippen molar-refractivity contribution in [2.75, 3.05) is 20.2 Å². The first-order valence-electron chi connectivity index (χ1n) is 8.81. The van der Waals surface area contributed by atoms with E-state index in [1.807, 2.05) is 24.3 Å². The lowest BCUT2D eigenvalue weighted by molar-refractivity contribution is 0.218. The summed E-state index contributed by atoms with van der Waals surface area (Å²) in [5, 5.41) is 0.472. The molecular weight excluding hydrogens is 352 g/mol. The zero-order chi connectivity index (χ0) is 18.1. The molecule has 4 rings (SSSR count). The molecule has 2 aromatic heterocycles. The van der Waals surface area contributed by atoms with Crippen LogP contribution >= 0.6 is 11.6 Å². The Hall–Kier alpha value is -2.31. The van der Waals surface area contributed by atoms with Gasteiger partial charge in [0.05, 0.1) is 19.0 Å². The van der Waals surface area contributed by atoms with Crippen molar-refractivity contribution in [3.05, 3.63) is 57.9 Å². The Labute approximate surface area is 156 Å². The van der Waals surface area contributed by atoms with Crippen LogP contribution in [0.2, 0.25) is 5.15 Å². The largest absolute Gasteiger partial charge is 0.497 e. The van der Waals surface area contributed by atoms with Gasteiger partial charge in [0.25, 0.3) is 5.56 Å². The lowest BCUT2D eigenvalue weighted by Crippen LogP contribution is -2.30. The summed E-state index contributed by atoms with van der Waals surface area (Å²) in [6.07, 6.45) is 7.14. The highest BCUT2D eigenvalue weighted by Gasteiger charge is 2.17. The predicted molar refractivity (Wildman–Crippen MR) is 101 cm³/mol. The molecule has 0 amide bonds. The van der Waals surface area contributed by atoms with Gasteiger partial charge in [-0.05, 0) is 50.2 Å². The molecule has 6 nitrogen and oxygen atoms in total. The van der Waals surface area contributed by atoms with Crippen LogP contribution in [0.4, 0.5) is 0 Å². The molecule has 0 aliphatic carbocycles. The van der Waals surface area contributed by atoms with Gasteiger partial charge in [0.1, 0.15) is 10.9 Å². The first kappa shape index (κ1) is 17.1. The quantitative estimate of drug-likeness (QED) is 0.706. The molecule has 0 radical (unpaired) electrons. The van der Waals surface area contributed by atoms with E-state index in [0.29, 0.717) is 10.8 Å². The van der Waals surface area contributed by atoms with E-state index >= 15 is 0 Å². The van der Waals surface area contributed by atoms with Crippen molar-refractivity contribution in [1.82, 2.24) is 18.9 Å². The number of methoxy groups -OCH3 is 1. The fraction of sp³-hybridized carbons (Fsp3) is 0.368. The predicted octanol–water partition coefficient (Wildman–Crippen LogP) is 3.13. The number of halogens is 1. The summed E-state index contributed by atoms with van der Waals surface area (Å²) in [4.78, 5) is 19.7. The molecule has 0 saturated carbocycles. The van der Waals surface area contributed by atoms with E-state index in [0.717, 1.165) is 36.8 Å². The Balaban J connectivity index is 1.74. The zero-order valence-corrected chi connectivity index (χ0v) is 15.4. The fourth-order valence-electron chi connectivity index (χ4n) is 3.50. The fourth-order valence-corrected chi connectivity index (χ4v) is 3.79. The number of hydrogen-bond donors (Lipinski definition) is 0. The molecule has 26 heavy (non-hydrogen) atoms. The second-order valence-electron chi connectivity index (χ2n) is 6.57. The number of benzene rings is 1. The van der Waals surface area contributed by atoms with Crippen LogP contribution in [0.15, 0.2) is 41.5 Å². The zero-order valence-electron chi connectivity index (χ0n) is 14.7. The Kier molecular flexibility index (Phi) is 4.70. The van der Waals surface area contributed by atoms with Crippen LogP contribution < -0.4 is 10.3 Å². The molecule has 1 saturated heterocycles. The maximum absolute atomic E-state index is 12.9. The first-order valence-corrected chi connectivity index (χ1v) is 9.19. The molecule has 1 aliphatic heterocycles. The maximum Gasteiger partial charge on any atom is 0.298 e. The van der Waals surface area contributed by atoms with Gasteiger partial charge >= 0.3 is 0 Å². The first-order chi connectivity index (χ1) is 12.7. The minimum atomic E-state index is -0.190. The number of aromatic nitrogens is 3. The van der Waals surface area contributed by atoms with Crippen LogP contribution in [0, 0.1) is 0 Å². The van der Waals surface area contributed by atoms with Crippen molar-refractivity contribution < 1.29 is 4.74 Å². The Bertz CT molecular complexity index is 972. The summed E-state index contributed by atoms with van der Waals surface area (Å²) in [5.41, 5.74) is 1.83. The van der Waals surface area contributed by atoms with Crippen LogP contribution in [-0.2, 0) is 6.54 Å². The van der Waals surface area contributed by atoms with E-state index in [9.17, 15) is 4.79 Å². The highest BCUT2D eigenvalue weighted by Crippen LogP contribution is 2.19. The van der Waals surface area contributed by atoms with E-state index in [1.165, 1.54) is 23.8 Å². The second kappa shape index (κ2) is 7.13. The number of rotatable bonds is 4. The van der Waals surface area contributed by atoms with Gasteiger partial charge in [0.2, 0.25) is 5.65 Å². The van der Waals surface area contributed by atoms with Gasteiger partial charge in [-0.3, -0.25) is 18.7 Å². The molecule has 1 fully saturated rings. The highest BCUT2D eigenvalue weighted by molar-refractivity contribution is 6.29. The molecule has 0 N–H and O–H groups in total. The molecule has 136 valence electrons. The third-order valence-electron chi connectivity index (χ3n) is 4.88. The average molecular weight is 373 g/mol. The SMILES string of the molecule is COc1ccc(-n2cc(Cl)n3c(CN4CCCCC4)cnc3c2=O)cc1. The van der Waals surface area contributed by atoms with Gasteiger partial charge in [-0.25, -0.2) is 4.98 Å². The lowest BCUT2D eigenvalue weighted by atomic mass is 10.1. The number of hydrogen-bond acceptors (Lipinski definition) is 4. The maximum atomic E-state index is 12.9. The summed E-state index contributed by atoms with van der Waals surface area (Å²) in [7, 11) is 1.61. The third kappa shape index (κ3) is 3.10. The van der Waals surface area contributed by atoms with Crippen molar-refractivity contribution in [2.45, 2.75) is 25.8 Å². The normalized spacial score (nSPS) is 15.5. The molecular formula is C19H21ClN4O2. The van der Waals surface area contributed by atoms with E-state index in [2.05, 4.69) is 9.88 Å². The van der Waals surface area contributed by atoms with Gasteiger partial charge < -0.3 is 4.74 Å². The van der Waals surface area contributed by atoms with E-state index in [1.54, 1.807) is 23.9 Å². The minimum Gasteiger partial charge on any atom is -0.497 e. The van der Waals surface area contributed by atoms with Crippen molar-refractivity contribution in [2.24, 2.45) is 0 Å². The number of nitrogens with zero attached hydrogens (tertiary/aromatic N) is 4. The van der Waals surface area contributed by atoms with Crippen molar-refractivity contribution in [3.63, 3.8) is 0 Å². The van der Waals surface area contributed by atoms with Crippen LogP contribution in [0.25, 0.3) is 11.3 Å². The molecule has 3 heterocycles. The topological polar surface area (TPSA) is 51.8 Å². The second-order valence-corrected chi connectivity index (χ2v) is 6.96. The van der Waals surface area contributed by atoms with Gasteiger partial charge in [-0.2, -0.15) is 0 Å². The van der Waals surface area contributed by atoms with E-state index in [-0.39, 0.29) is 5.56 Å². The van der Waals surface area contributed by atoms with E-state index < -0.39 is 0 Å². The summed E-state index contributed by atoms with van der Waals surface area (Å²) >= 11 is 6.53. The molecule has 1 aromatic carbocycles. The van der Waals surface area contributed by atoms with Crippen LogP contribution in [0.3, 0.4) is 0 Å². The van der Waals surface area contributed by atoms with Crippen LogP contribution in [0.1, 0.15) is 25.0 Å². The molecule has 1 aliphatic rings. The van der Waals surface area contributed by atoms with Crippen molar-refractivity contribution >= 4 is 17.2 Å². The molecule has 0 unspecified atom stereocenters. The Morgan fingerprint density at radius 3 is 2.58 bits per heavy atom. The average Bonchev–Trinajstić information content (AvgIpc) is 3.10. The monoisotopic (exact) mass is 372 g/mol. The lowest BCUT2D eigenvalue weighted by Gasteiger charge is -2.26. The number of ether oxygens (including phenoxy) is 1. The van der Waals surface area contributed by atoms with Gasteiger partial charge in [0, 0.05) is 18.4 Å². The van der Waals surface area contributed by atoms with E-state index in [4.69, 9.17) is 16.3 Å². The van der Waals surface area contributed by atoms with Gasteiger partial charge in [-0.1, -0.05) is 18.0 Å². The Morgan fingerprint density at radius 1 is 1.15 bits per heavy atom. The molecule has 0 atom stereocenters. The molecule has 7 heteroatoms. The summed E-state index contributed by atoms with van der Waals surface area (Å²) < 4.78 is 8.46. The Morgan fingerprint density at radius 2 is 1.88 bits per heavy atom. The third-order valence-corrected chi connectivity index (χ3v) is 5.15. The smallest absolute Gasteiger partial charge is 0.298 e. The number of likely N-dealkylation sites (tertiary alicyclic amines) is 1. The van der Waals surface area contributed by atoms with Crippen molar-refractivity contribution in [1.29, 1.82) is 0 Å². The molecule has 0 bridgehead atoms. The highest BCUT2D eigenvalue weighted by atomic mass is 35.5. The van der Waals surface area contributed by atoms with Gasteiger partial charge in [-0.15, -0.1) is 0 Å². The number of fused-ring (bicyclic) bond motifs is 1. The van der Waals surface area contributed by atoms with Crippen molar-refractivity contribution in [3.8, 4) is 11.4 Å². The number of piperidine rings is 1. The molecule has 0 spiro atoms. The minimum absolute atomic E-state index is 0.190. The summed E-state index contributed by atoms with van der Waals surface area (Å²) in [6.45, 7) is 2.91. The van der Waals surface area contributed by atoms with Crippen LogP contribution in [-0.4, -0.2) is 39.1 Å². The van der Waals surface area contributed by atoms with Gasteiger partial charge in [0.15, 0.2) is 0 Å². The standard InChI is InChI=1S/C19H21ClN4O2/c1-26-16-7-5-14(6-8-16)23-13-17(20)24-15(11-21-18(24)19(23)25)12-22-9-3-2-4-10-22/h5-8,11,13H,2-4,9-10,12H2,1H3. The summed E-state index contributed by atoms with van der Waals surface area (Å²) in [5.74, 6) is 0.735. The summed E-state index contributed by atoms with van der Waals surface area (Å²) in [6, 6.07) is 7.27. The van der Waals surface area contributed by atoms with Crippen LogP contribution in [0.5, 0.6) is 5.75 Å².